The van der Waals surface area contributed by atoms with Gasteiger partial charge in [-0.1, -0.05) is 43.7 Å². The Labute approximate surface area is 137 Å². The van der Waals surface area contributed by atoms with Crippen molar-refractivity contribution in [3.63, 3.8) is 0 Å². The predicted octanol–water partition coefficient (Wildman–Crippen LogP) is 2.68. The molecule has 2 aliphatic heterocycles. The summed E-state index contributed by atoms with van der Waals surface area (Å²) in [6.07, 6.45) is 4.57. The summed E-state index contributed by atoms with van der Waals surface area (Å²) in [5.41, 5.74) is -0.137. The van der Waals surface area contributed by atoms with Crippen LogP contribution in [0.5, 0.6) is 0 Å². The highest BCUT2D eigenvalue weighted by atomic mass is 16.2. The Hall–Kier alpha value is -1.88. The summed E-state index contributed by atoms with van der Waals surface area (Å²) in [6.45, 7) is 5.31. The number of rotatable bonds is 4. The molecule has 1 aromatic carbocycles. The lowest BCUT2D eigenvalue weighted by Gasteiger charge is -2.37. The fourth-order valence-electron chi connectivity index (χ4n) is 3.68. The molecule has 124 valence electrons. The summed E-state index contributed by atoms with van der Waals surface area (Å²) < 4.78 is 0. The van der Waals surface area contributed by atoms with Crippen LogP contribution in [0, 0.1) is 0 Å². The van der Waals surface area contributed by atoms with Crippen LogP contribution in [0.4, 0.5) is 4.79 Å². The predicted molar refractivity (Wildman–Crippen MR) is 88.7 cm³/mol. The van der Waals surface area contributed by atoms with E-state index in [-0.39, 0.29) is 11.9 Å². The van der Waals surface area contributed by atoms with Crippen molar-refractivity contribution in [2.45, 2.75) is 51.1 Å². The Balaban J connectivity index is 1.79. The first-order valence-corrected chi connectivity index (χ1v) is 8.50. The summed E-state index contributed by atoms with van der Waals surface area (Å²) in [4.78, 5) is 29.0. The number of carbonyl (C=O) groups is 2. The van der Waals surface area contributed by atoms with Gasteiger partial charge in [0.05, 0.1) is 6.67 Å². The molecule has 2 aliphatic rings. The zero-order valence-corrected chi connectivity index (χ0v) is 13.9. The van der Waals surface area contributed by atoms with Crippen molar-refractivity contribution in [2.75, 3.05) is 13.2 Å². The van der Waals surface area contributed by atoms with Crippen LogP contribution in [0.2, 0.25) is 0 Å². The van der Waals surface area contributed by atoms with E-state index < -0.39 is 5.54 Å². The van der Waals surface area contributed by atoms with Gasteiger partial charge in [-0.3, -0.25) is 9.69 Å². The van der Waals surface area contributed by atoms with Crippen LogP contribution in [0.15, 0.2) is 30.3 Å². The summed E-state index contributed by atoms with van der Waals surface area (Å²) in [7, 11) is 0. The van der Waals surface area contributed by atoms with Crippen LogP contribution in [-0.2, 0) is 10.3 Å². The molecule has 2 fully saturated rings. The minimum Gasteiger partial charge on any atom is -0.319 e. The Morgan fingerprint density at radius 2 is 1.96 bits per heavy atom. The zero-order chi connectivity index (χ0) is 16.4. The molecule has 5 heteroatoms. The first-order valence-electron chi connectivity index (χ1n) is 8.50. The van der Waals surface area contributed by atoms with Crippen molar-refractivity contribution in [1.29, 1.82) is 0 Å². The van der Waals surface area contributed by atoms with Crippen LogP contribution >= 0.6 is 0 Å². The molecular formula is C18H25N3O2. The maximum atomic E-state index is 12.9. The number of hydrogen-bond donors (Lipinski definition) is 1. The largest absolute Gasteiger partial charge is 0.326 e. The Morgan fingerprint density at radius 1 is 1.22 bits per heavy atom. The van der Waals surface area contributed by atoms with Gasteiger partial charge in [-0.2, -0.15) is 0 Å². The van der Waals surface area contributed by atoms with E-state index in [4.69, 9.17) is 0 Å². The van der Waals surface area contributed by atoms with Crippen molar-refractivity contribution in [2.24, 2.45) is 0 Å². The molecular weight excluding hydrogens is 290 g/mol. The summed E-state index contributed by atoms with van der Waals surface area (Å²) >= 11 is 0. The molecule has 2 saturated heterocycles. The van der Waals surface area contributed by atoms with E-state index in [1.807, 2.05) is 30.3 Å². The van der Waals surface area contributed by atoms with Gasteiger partial charge in [0.25, 0.3) is 5.91 Å². The minimum absolute atomic E-state index is 0.158. The maximum Gasteiger partial charge on any atom is 0.326 e. The third-order valence-electron chi connectivity index (χ3n) is 5.17. The molecule has 1 N–H and O–H groups in total. The van der Waals surface area contributed by atoms with Crippen LogP contribution in [-0.4, -0.2) is 41.0 Å². The fourth-order valence-corrected chi connectivity index (χ4v) is 3.68. The minimum atomic E-state index is -0.962. The summed E-state index contributed by atoms with van der Waals surface area (Å²) in [6, 6.07) is 9.64. The number of imide groups is 1. The van der Waals surface area contributed by atoms with E-state index in [1.165, 1.54) is 11.3 Å². The lowest BCUT2D eigenvalue weighted by molar-refractivity contribution is -0.133. The van der Waals surface area contributed by atoms with Crippen molar-refractivity contribution in [3.8, 4) is 0 Å². The van der Waals surface area contributed by atoms with E-state index in [0.29, 0.717) is 12.7 Å². The van der Waals surface area contributed by atoms with Crippen LogP contribution in [0.3, 0.4) is 0 Å². The number of piperidine rings is 1. The third-order valence-corrected chi connectivity index (χ3v) is 5.17. The monoisotopic (exact) mass is 315 g/mol. The number of nitrogens with one attached hydrogen (secondary N) is 1. The topological polar surface area (TPSA) is 52.6 Å². The standard InChI is InChI=1S/C18H25N3O2/c1-3-15-11-7-8-12-20(15)13-21-16(22)18(2,19-17(21)23)14-9-5-4-6-10-14/h4-6,9-10,15H,3,7-8,11-13H2,1-2H3,(H,19,23)/t15-,18-/m1/s1. The lowest BCUT2D eigenvalue weighted by atomic mass is 9.92. The zero-order valence-electron chi connectivity index (χ0n) is 13.9. The molecule has 3 rings (SSSR count). The SMILES string of the molecule is CC[C@@H]1CCCCN1CN1C(=O)N[C@](C)(c2ccccc2)C1=O. The second-order valence-corrected chi connectivity index (χ2v) is 6.67. The first kappa shape index (κ1) is 16.0. The molecule has 0 radical (unpaired) electrons. The quantitative estimate of drug-likeness (QED) is 0.869. The van der Waals surface area contributed by atoms with Crippen molar-refractivity contribution in [3.05, 3.63) is 35.9 Å². The van der Waals surface area contributed by atoms with Gasteiger partial charge in [0.15, 0.2) is 0 Å². The summed E-state index contributed by atoms with van der Waals surface area (Å²) in [5.74, 6) is -0.158. The average molecular weight is 315 g/mol. The molecule has 1 aromatic rings. The molecule has 0 aromatic heterocycles. The van der Waals surface area contributed by atoms with Gasteiger partial charge in [-0.25, -0.2) is 9.69 Å². The van der Waals surface area contributed by atoms with Crippen molar-refractivity contribution < 1.29 is 9.59 Å². The lowest BCUT2D eigenvalue weighted by Crippen LogP contribution is -2.48. The fraction of sp³-hybridized carbons (Fsp3) is 0.556. The Bertz CT molecular complexity index is 589. The second-order valence-electron chi connectivity index (χ2n) is 6.67. The normalized spacial score (nSPS) is 29.0. The van der Waals surface area contributed by atoms with Crippen molar-refractivity contribution in [1.82, 2.24) is 15.1 Å². The van der Waals surface area contributed by atoms with Crippen molar-refractivity contribution >= 4 is 11.9 Å². The number of hydrogen-bond acceptors (Lipinski definition) is 3. The van der Waals surface area contributed by atoms with Crippen LogP contribution in [0.25, 0.3) is 0 Å². The number of amides is 3. The van der Waals surface area contributed by atoms with E-state index in [1.54, 1.807) is 6.92 Å². The van der Waals surface area contributed by atoms with E-state index in [2.05, 4.69) is 17.1 Å². The molecule has 0 saturated carbocycles. The molecule has 3 amide bonds. The molecule has 23 heavy (non-hydrogen) atoms. The molecule has 0 unspecified atom stereocenters. The number of nitrogens with zero attached hydrogens (tertiary/aromatic N) is 2. The molecule has 5 nitrogen and oxygen atoms in total. The van der Waals surface area contributed by atoms with Gasteiger partial charge in [-0.05, 0) is 31.7 Å². The highest BCUT2D eigenvalue weighted by Gasteiger charge is 2.49. The Kier molecular flexibility index (Phi) is 4.39. The number of urea groups is 1. The summed E-state index contributed by atoms with van der Waals surface area (Å²) in [5, 5.41) is 2.88. The van der Waals surface area contributed by atoms with Gasteiger partial charge in [0.2, 0.25) is 0 Å². The molecule has 0 bridgehead atoms. The maximum absolute atomic E-state index is 12.9. The van der Waals surface area contributed by atoms with E-state index in [0.717, 1.165) is 31.4 Å². The molecule has 0 spiro atoms. The molecule has 0 aliphatic carbocycles. The van der Waals surface area contributed by atoms with Gasteiger partial charge < -0.3 is 5.32 Å². The first-order chi connectivity index (χ1) is 11.1. The highest BCUT2D eigenvalue weighted by Crippen LogP contribution is 2.29. The smallest absolute Gasteiger partial charge is 0.319 e. The highest BCUT2D eigenvalue weighted by molar-refractivity contribution is 6.07. The number of likely N-dealkylation sites (tertiary alicyclic amines) is 1. The third kappa shape index (κ3) is 2.85. The van der Waals surface area contributed by atoms with Gasteiger partial charge in [-0.15, -0.1) is 0 Å². The second kappa shape index (κ2) is 6.32. The molecule has 2 atom stereocenters. The molecule has 2 heterocycles. The van der Waals surface area contributed by atoms with Crippen LogP contribution in [0.1, 0.15) is 45.1 Å². The number of benzene rings is 1. The Morgan fingerprint density at radius 3 is 2.65 bits per heavy atom. The van der Waals surface area contributed by atoms with Crippen LogP contribution < -0.4 is 5.32 Å². The van der Waals surface area contributed by atoms with E-state index in [9.17, 15) is 9.59 Å². The van der Waals surface area contributed by atoms with Gasteiger partial charge >= 0.3 is 6.03 Å². The van der Waals surface area contributed by atoms with Gasteiger partial charge in [0.1, 0.15) is 5.54 Å². The number of carbonyl (C=O) groups excluding carboxylic acids is 2. The van der Waals surface area contributed by atoms with E-state index >= 15 is 0 Å². The average Bonchev–Trinajstić information content (AvgIpc) is 2.80. The van der Waals surface area contributed by atoms with Gasteiger partial charge in [0, 0.05) is 12.6 Å².